The number of aromatic amines is 1. The van der Waals surface area contributed by atoms with Crippen LogP contribution in [0.15, 0.2) is 52.0 Å². The van der Waals surface area contributed by atoms with E-state index in [2.05, 4.69) is 4.98 Å². The van der Waals surface area contributed by atoms with Gasteiger partial charge in [0.05, 0.1) is 24.4 Å². The number of halogens is 1. The summed E-state index contributed by atoms with van der Waals surface area (Å²) in [6.45, 7) is 5.57. The fraction of sp³-hybridized carbons (Fsp3) is 0.286. The van der Waals surface area contributed by atoms with Gasteiger partial charge >= 0.3 is 5.97 Å². The minimum Gasteiger partial charge on any atom is -0.468 e. The van der Waals surface area contributed by atoms with Gasteiger partial charge in [-0.05, 0) is 56.2 Å². The van der Waals surface area contributed by atoms with E-state index in [0.29, 0.717) is 28.3 Å². The first-order valence-electron chi connectivity index (χ1n) is 9.38. The van der Waals surface area contributed by atoms with Crippen LogP contribution in [0.2, 0.25) is 5.02 Å². The Labute approximate surface area is 180 Å². The van der Waals surface area contributed by atoms with Crippen molar-refractivity contribution in [1.82, 2.24) is 9.29 Å². The molecule has 1 N–H and O–H groups in total. The summed E-state index contributed by atoms with van der Waals surface area (Å²) in [4.78, 5) is 15.2. The van der Waals surface area contributed by atoms with Crippen molar-refractivity contribution in [2.24, 2.45) is 0 Å². The molecule has 0 spiro atoms. The molecule has 0 aliphatic rings. The summed E-state index contributed by atoms with van der Waals surface area (Å²) in [5, 5.41) is 0.136. The number of aryl methyl sites for hydroxylation is 1. The first-order valence-corrected chi connectivity index (χ1v) is 11.2. The number of benzene rings is 1. The monoisotopic (exact) mass is 450 g/mol. The number of aromatic nitrogens is 1. The van der Waals surface area contributed by atoms with Crippen LogP contribution in [0.1, 0.15) is 40.0 Å². The molecular weight excluding hydrogens is 428 g/mol. The summed E-state index contributed by atoms with van der Waals surface area (Å²) in [5.74, 6) is 0.0120. The van der Waals surface area contributed by atoms with Crippen LogP contribution >= 0.6 is 11.6 Å². The fourth-order valence-electron chi connectivity index (χ4n) is 3.20. The highest BCUT2D eigenvalue weighted by Crippen LogP contribution is 2.29. The van der Waals surface area contributed by atoms with Crippen molar-refractivity contribution in [2.45, 2.75) is 38.8 Å². The van der Waals surface area contributed by atoms with Gasteiger partial charge < -0.3 is 14.1 Å². The third-order valence-corrected chi connectivity index (χ3v) is 7.07. The van der Waals surface area contributed by atoms with Crippen LogP contribution in [0.3, 0.4) is 0 Å². The minimum atomic E-state index is -3.95. The minimum absolute atomic E-state index is 0.00896. The number of rotatable bonds is 8. The third kappa shape index (κ3) is 4.45. The maximum absolute atomic E-state index is 13.4. The molecule has 0 unspecified atom stereocenters. The molecule has 2 aromatic heterocycles. The lowest BCUT2D eigenvalue weighted by Crippen LogP contribution is -2.30. The Bertz CT molecular complexity index is 1140. The van der Waals surface area contributed by atoms with Crippen LogP contribution in [0.5, 0.6) is 0 Å². The number of hydrogen-bond donors (Lipinski definition) is 1. The third-order valence-electron chi connectivity index (χ3n) is 4.77. The van der Waals surface area contributed by atoms with Crippen LogP contribution in [-0.2, 0) is 27.8 Å². The highest BCUT2D eigenvalue weighted by atomic mass is 35.5. The predicted octanol–water partition coefficient (Wildman–Crippen LogP) is 4.45. The van der Waals surface area contributed by atoms with Crippen LogP contribution in [-0.4, -0.2) is 30.3 Å². The second-order valence-corrected chi connectivity index (χ2v) is 9.05. The molecule has 0 saturated heterocycles. The number of H-pyrrole nitrogens is 1. The second-order valence-electron chi connectivity index (χ2n) is 6.73. The Morgan fingerprint density at radius 1 is 1.17 bits per heavy atom. The van der Waals surface area contributed by atoms with E-state index >= 15 is 0 Å². The molecule has 0 aliphatic heterocycles. The summed E-state index contributed by atoms with van der Waals surface area (Å²) in [6, 6.07) is 9.69. The van der Waals surface area contributed by atoms with Gasteiger partial charge in [0.15, 0.2) is 0 Å². The van der Waals surface area contributed by atoms with E-state index in [-0.39, 0.29) is 29.6 Å². The molecule has 3 aromatic rings. The van der Waals surface area contributed by atoms with Crippen molar-refractivity contribution in [3.05, 3.63) is 76.0 Å². The average molecular weight is 451 g/mol. The first kappa shape index (κ1) is 22.1. The molecule has 9 heteroatoms. The molecule has 1 aromatic carbocycles. The number of carbonyl (C=O) groups is 1. The Hall–Kier alpha value is -2.55. The molecule has 30 heavy (non-hydrogen) atoms. The normalized spacial score (nSPS) is 11.8. The van der Waals surface area contributed by atoms with Gasteiger partial charge in [-0.3, -0.25) is 0 Å². The van der Waals surface area contributed by atoms with Crippen molar-refractivity contribution in [3.8, 4) is 0 Å². The molecular formula is C21H23ClN2O5S. The molecule has 0 radical (unpaired) electrons. The molecule has 0 atom stereocenters. The summed E-state index contributed by atoms with van der Waals surface area (Å²) in [5.41, 5.74) is 2.34. The molecule has 0 saturated carbocycles. The van der Waals surface area contributed by atoms with E-state index in [1.165, 1.54) is 22.7 Å². The maximum Gasteiger partial charge on any atom is 0.355 e. The van der Waals surface area contributed by atoms with E-state index in [0.717, 1.165) is 0 Å². The zero-order valence-electron chi connectivity index (χ0n) is 16.9. The van der Waals surface area contributed by atoms with Gasteiger partial charge in [-0.25, -0.2) is 13.2 Å². The smallest absolute Gasteiger partial charge is 0.355 e. The Kier molecular flexibility index (Phi) is 6.70. The number of ether oxygens (including phenoxy) is 1. The summed E-state index contributed by atoms with van der Waals surface area (Å²) in [6.07, 6.45) is 1.49. The average Bonchev–Trinajstić information content (AvgIpc) is 3.31. The van der Waals surface area contributed by atoms with Crippen molar-refractivity contribution < 1.29 is 22.4 Å². The molecule has 0 bridgehead atoms. The molecule has 0 aliphatic carbocycles. The van der Waals surface area contributed by atoms with Crippen LogP contribution < -0.4 is 0 Å². The molecule has 2 heterocycles. The van der Waals surface area contributed by atoms with Crippen LogP contribution in [0, 0.1) is 13.8 Å². The summed E-state index contributed by atoms with van der Waals surface area (Å²) in [7, 11) is -3.95. The lowest BCUT2D eigenvalue weighted by atomic mass is 10.1. The standard InChI is InChI=1S/C21H23ClN2O5S/c1-4-28-21(25)20-14(2)17(15(3)23-20)13-24(12-16-8-7-11-29-16)30(26,27)19-10-6-5-9-18(19)22/h5-11,23H,4,12-13H2,1-3H3. The van der Waals surface area contributed by atoms with Gasteiger partial charge in [0.25, 0.3) is 0 Å². The topological polar surface area (TPSA) is 92.6 Å². The SMILES string of the molecule is CCOC(=O)c1[nH]c(C)c(CN(Cc2ccco2)S(=O)(=O)c2ccccc2Cl)c1C. The first-order chi connectivity index (χ1) is 14.3. The van der Waals surface area contributed by atoms with Gasteiger partial charge in [-0.1, -0.05) is 23.7 Å². The summed E-state index contributed by atoms with van der Waals surface area (Å²) >= 11 is 6.18. The van der Waals surface area contributed by atoms with Gasteiger partial charge in [-0.2, -0.15) is 4.31 Å². The Morgan fingerprint density at radius 3 is 2.53 bits per heavy atom. The predicted molar refractivity (Wildman–Crippen MR) is 113 cm³/mol. The van der Waals surface area contributed by atoms with Crippen LogP contribution in [0.25, 0.3) is 0 Å². The van der Waals surface area contributed by atoms with Gasteiger partial charge in [-0.15, -0.1) is 0 Å². The van der Waals surface area contributed by atoms with E-state index in [9.17, 15) is 13.2 Å². The molecule has 0 fully saturated rings. The van der Waals surface area contributed by atoms with E-state index < -0.39 is 16.0 Å². The van der Waals surface area contributed by atoms with E-state index in [1.54, 1.807) is 45.0 Å². The second kappa shape index (κ2) is 9.07. The number of sulfonamides is 1. The molecule has 3 rings (SSSR count). The molecule has 0 amide bonds. The van der Waals surface area contributed by atoms with E-state index in [1.807, 2.05) is 0 Å². The lowest BCUT2D eigenvalue weighted by Gasteiger charge is -2.22. The zero-order chi connectivity index (χ0) is 21.9. The van der Waals surface area contributed by atoms with E-state index in [4.69, 9.17) is 20.8 Å². The number of nitrogens with zero attached hydrogens (tertiary/aromatic N) is 1. The number of carbonyl (C=O) groups excluding carboxylic acids is 1. The Morgan fingerprint density at radius 2 is 1.90 bits per heavy atom. The quantitative estimate of drug-likeness (QED) is 0.512. The zero-order valence-corrected chi connectivity index (χ0v) is 18.5. The Balaban J connectivity index is 2.03. The highest BCUT2D eigenvalue weighted by Gasteiger charge is 2.30. The largest absolute Gasteiger partial charge is 0.468 e. The fourth-order valence-corrected chi connectivity index (χ4v) is 5.07. The molecule has 160 valence electrons. The number of esters is 1. The lowest BCUT2D eigenvalue weighted by molar-refractivity contribution is 0.0519. The summed E-state index contributed by atoms with van der Waals surface area (Å²) < 4.78 is 38.6. The van der Waals surface area contributed by atoms with Crippen molar-refractivity contribution in [1.29, 1.82) is 0 Å². The van der Waals surface area contributed by atoms with Crippen molar-refractivity contribution in [3.63, 3.8) is 0 Å². The van der Waals surface area contributed by atoms with Crippen LogP contribution in [0.4, 0.5) is 0 Å². The van der Waals surface area contributed by atoms with Crippen molar-refractivity contribution >= 4 is 27.6 Å². The number of hydrogen-bond acceptors (Lipinski definition) is 5. The van der Waals surface area contributed by atoms with Gasteiger partial charge in [0.2, 0.25) is 10.0 Å². The molecule has 7 nitrogen and oxygen atoms in total. The van der Waals surface area contributed by atoms with Crippen molar-refractivity contribution in [2.75, 3.05) is 6.61 Å². The highest BCUT2D eigenvalue weighted by molar-refractivity contribution is 7.89. The number of nitrogens with one attached hydrogen (secondary N) is 1. The number of furan rings is 1. The maximum atomic E-state index is 13.4. The van der Waals surface area contributed by atoms with Gasteiger partial charge in [0.1, 0.15) is 16.3 Å². The van der Waals surface area contributed by atoms with Gasteiger partial charge in [0, 0.05) is 12.2 Å².